The average molecular weight is 243 g/mol. The molecule has 0 atom stereocenters. The molecule has 0 aliphatic rings. The van der Waals surface area contributed by atoms with Crippen LogP contribution < -0.4 is 5.32 Å². The molecule has 0 bridgehead atoms. The van der Waals surface area contributed by atoms with Gasteiger partial charge in [-0.25, -0.2) is 4.98 Å². The molecule has 1 amide bonds. The van der Waals surface area contributed by atoms with Crippen LogP contribution >= 0.6 is 22.9 Å². The minimum absolute atomic E-state index is 0.442. The van der Waals surface area contributed by atoms with E-state index in [4.69, 9.17) is 16.7 Å². The molecule has 0 aliphatic heterocycles. The summed E-state index contributed by atoms with van der Waals surface area (Å²) in [5, 5.41) is 12.0. The highest BCUT2D eigenvalue weighted by Crippen LogP contribution is 2.30. The molecule has 0 aliphatic carbocycles. The summed E-state index contributed by atoms with van der Waals surface area (Å²) < 4.78 is 0.899. The van der Waals surface area contributed by atoms with E-state index in [9.17, 15) is 4.79 Å². The van der Waals surface area contributed by atoms with E-state index in [-0.39, 0.29) is 0 Å². The number of nitrogens with one attached hydrogen (secondary N) is 1. The number of thiazole rings is 1. The monoisotopic (exact) mass is 242 g/mol. The van der Waals surface area contributed by atoms with Crippen molar-refractivity contribution in [2.45, 2.75) is 0 Å². The standard InChI is InChI=1S/C9H7ClN2O2S/c10-5-2-1-3-6-8(5)12-9(15-6)11-7(14)4-13/h1-3,13H,4H2,(H,11,12,14). The molecular formula is C9H7ClN2O2S. The van der Waals surface area contributed by atoms with Gasteiger partial charge < -0.3 is 5.11 Å². The number of hydrogen-bond acceptors (Lipinski definition) is 4. The predicted molar refractivity (Wildman–Crippen MR) is 60.3 cm³/mol. The number of anilines is 1. The van der Waals surface area contributed by atoms with Crippen LogP contribution in [0.2, 0.25) is 5.02 Å². The minimum Gasteiger partial charge on any atom is -0.387 e. The number of nitrogens with zero attached hydrogens (tertiary/aromatic N) is 1. The summed E-state index contributed by atoms with van der Waals surface area (Å²) in [7, 11) is 0. The molecule has 0 saturated heterocycles. The van der Waals surface area contributed by atoms with Gasteiger partial charge in [0.15, 0.2) is 5.13 Å². The lowest BCUT2D eigenvalue weighted by Gasteiger charge is -1.94. The van der Waals surface area contributed by atoms with Crippen LogP contribution in [0.15, 0.2) is 18.2 Å². The van der Waals surface area contributed by atoms with Gasteiger partial charge >= 0.3 is 0 Å². The van der Waals surface area contributed by atoms with Crippen LogP contribution in [-0.4, -0.2) is 22.6 Å². The van der Waals surface area contributed by atoms with E-state index in [1.54, 1.807) is 6.07 Å². The number of carbonyl (C=O) groups is 1. The number of amides is 1. The topological polar surface area (TPSA) is 62.2 Å². The zero-order chi connectivity index (χ0) is 10.8. The third-order valence-corrected chi connectivity index (χ3v) is 3.00. The number of carbonyl (C=O) groups excluding carboxylic acids is 1. The van der Waals surface area contributed by atoms with Gasteiger partial charge in [-0.15, -0.1) is 0 Å². The fraction of sp³-hybridized carbons (Fsp3) is 0.111. The molecule has 78 valence electrons. The number of fused-ring (bicyclic) bond motifs is 1. The van der Waals surface area contributed by atoms with Gasteiger partial charge in [0.05, 0.1) is 9.72 Å². The normalized spacial score (nSPS) is 10.5. The Bertz CT molecular complexity index is 512. The third-order valence-electron chi connectivity index (χ3n) is 1.76. The summed E-state index contributed by atoms with van der Waals surface area (Å²) in [5.41, 5.74) is 0.664. The van der Waals surface area contributed by atoms with Crippen molar-refractivity contribution in [3.63, 3.8) is 0 Å². The molecule has 2 N–H and O–H groups in total. The molecule has 2 aromatic rings. The maximum absolute atomic E-state index is 10.9. The second kappa shape index (κ2) is 4.14. The first kappa shape index (κ1) is 10.4. The Hall–Kier alpha value is -1.17. The van der Waals surface area contributed by atoms with Crippen LogP contribution in [0.1, 0.15) is 0 Å². The lowest BCUT2D eigenvalue weighted by Crippen LogP contribution is -2.14. The van der Waals surface area contributed by atoms with Crippen LogP contribution in [0.4, 0.5) is 5.13 Å². The van der Waals surface area contributed by atoms with Crippen molar-refractivity contribution in [1.29, 1.82) is 0 Å². The molecule has 1 aromatic carbocycles. The maximum Gasteiger partial charge on any atom is 0.251 e. The second-order valence-electron chi connectivity index (χ2n) is 2.81. The summed E-state index contributed by atoms with van der Waals surface area (Å²) in [6.07, 6.45) is 0. The van der Waals surface area contributed by atoms with Crippen molar-refractivity contribution in [2.75, 3.05) is 11.9 Å². The first-order chi connectivity index (χ1) is 7.20. The molecule has 2 rings (SSSR count). The van der Waals surface area contributed by atoms with Gasteiger partial charge in [-0.1, -0.05) is 29.0 Å². The fourth-order valence-corrected chi connectivity index (χ4v) is 2.31. The highest BCUT2D eigenvalue weighted by molar-refractivity contribution is 7.22. The number of halogens is 1. The molecule has 1 aromatic heterocycles. The number of aliphatic hydroxyl groups is 1. The molecule has 15 heavy (non-hydrogen) atoms. The summed E-state index contributed by atoms with van der Waals surface area (Å²) in [5.74, 6) is -0.481. The van der Waals surface area contributed by atoms with E-state index in [0.717, 1.165) is 4.70 Å². The molecule has 0 fully saturated rings. The molecule has 0 spiro atoms. The lowest BCUT2D eigenvalue weighted by molar-refractivity contribution is -0.118. The highest BCUT2D eigenvalue weighted by Gasteiger charge is 2.08. The first-order valence-corrected chi connectivity index (χ1v) is 5.36. The zero-order valence-electron chi connectivity index (χ0n) is 7.53. The fourth-order valence-electron chi connectivity index (χ4n) is 1.13. The smallest absolute Gasteiger partial charge is 0.251 e. The van der Waals surface area contributed by atoms with Crippen molar-refractivity contribution in [1.82, 2.24) is 4.98 Å². The average Bonchev–Trinajstić information content (AvgIpc) is 2.62. The Morgan fingerprint density at radius 2 is 2.40 bits per heavy atom. The Morgan fingerprint density at radius 1 is 1.60 bits per heavy atom. The summed E-state index contributed by atoms with van der Waals surface area (Å²) in [6.45, 7) is -0.552. The third kappa shape index (κ3) is 2.09. The highest BCUT2D eigenvalue weighted by atomic mass is 35.5. The molecule has 1 heterocycles. The molecule has 6 heteroatoms. The maximum atomic E-state index is 10.9. The summed E-state index contributed by atoms with van der Waals surface area (Å²) >= 11 is 7.24. The Morgan fingerprint density at radius 3 is 3.07 bits per heavy atom. The van der Waals surface area contributed by atoms with Crippen molar-refractivity contribution in [3.8, 4) is 0 Å². The quantitative estimate of drug-likeness (QED) is 0.845. The van der Waals surface area contributed by atoms with Crippen LogP contribution in [0.3, 0.4) is 0 Å². The van der Waals surface area contributed by atoms with Gasteiger partial charge in [-0.05, 0) is 12.1 Å². The minimum atomic E-state index is -0.552. The van der Waals surface area contributed by atoms with Gasteiger partial charge in [-0.2, -0.15) is 0 Å². The predicted octanol–water partition coefficient (Wildman–Crippen LogP) is 1.88. The zero-order valence-corrected chi connectivity index (χ0v) is 9.10. The van der Waals surface area contributed by atoms with Crippen LogP contribution in [-0.2, 0) is 4.79 Å². The van der Waals surface area contributed by atoms with Crippen LogP contribution in [0, 0.1) is 0 Å². The van der Waals surface area contributed by atoms with Gasteiger partial charge in [-0.3, -0.25) is 10.1 Å². The summed E-state index contributed by atoms with van der Waals surface area (Å²) in [4.78, 5) is 15.1. The van der Waals surface area contributed by atoms with E-state index >= 15 is 0 Å². The van der Waals surface area contributed by atoms with E-state index in [2.05, 4.69) is 10.3 Å². The molecule has 0 radical (unpaired) electrons. The number of hydrogen-bond donors (Lipinski definition) is 2. The number of para-hydroxylation sites is 1. The molecule has 0 unspecified atom stereocenters. The van der Waals surface area contributed by atoms with E-state index in [1.165, 1.54) is 11.3 Å². The number of benzene rings is 1. The van der Waals surface area contributed by atoms with Crippen molar-refractivity contribution in [3.05, 3.63) is 23.2 Å². The van der Waals surface area contributed by atoms with Gasteiger partial charge in [0.1, 0.15) is 12.1 Å². The van der Waals surface area contributed by atoms with Gasteiger partial charge in [0, 0.05) is 0 Å². The van der Waals surface area contributed by atoms with Gasteiger partial charge in [0.25, 0.3) is 5.91 Å². The second-order valence-corrected chi connectivity index (χ2v) is 4.25. The number of rotatable bonds is 2. The van der Waals surface area contributed by atoms with E-state index < -0.39 is 12.5 Å². The van der Waals surface area contributed by atoms with Crippen molar-refractivity contribution < 1.29 is 9.90 Å². The molecule has 0 saturated carbocycles. The van der Waals surface area contributed by atoms with E-state index in [0.29, 0.717) is 15.7 Å². The van der Waals surface area contributed by atoms with Gasteiger partial charge in [0.2, 0.25) is 0 Å². The first-order valence-electron chi connectivity index (χ1n) is 4.16. The van der Waals surface area contributed by atoms with Crippen LogP contribution in [0.5, 0.6) is 0 Å². The number of aromatic nitrogens is 1. The van der Waals surface area contributed by atoms with E-state index in [1.807, 2.05) is 12.1 Å². The largest absolute Gasteiger partial charge is 0.387 e. The van der Waals surface area contributed by atoms with Crippen LogP contribution in [0.25, 0.3) is 10.2 Å². The molecular weight excluding hydrogens is 236 g/mol. The SMILES string of the molecule is O=C(CO)Nc1nc2c(Cl)cccc2s1. The number of aliphatic hydroxyl groups excluding tert-OH is 1. The Labute approximate surface area is 94.5 Å². The van der Waals surface area contributed by atoms with Crippen molar-refractivity contribution in [2.24, 2.45) is 0 Å². The Kier molecular flexibility index (Phi) is 2.86. The lowest BCUT2D eigenvalue weighted by atomic mass is 10.3. The Balaban J connectivity index is 2.39. The molecule has 4 nitrogen and oxygen atoms in total. The van der Waals surface area contributed by atoms with Crippen molar-refractivity contribution >= 4 is 44.2 Å². The summed E-state index contributed by atoms with van der Waals surface area (Å²) in [6, 6.07) is 5.43.